The summed E-state index contributed by atoms with van der Waals surface area (Å²) in [5.41, 5.74) is 40.8. The number of H-pyrrole nitrogens is 3. The van der Waals surface area contributed by atoms with Gasteiger partial charge in [-0.2, -0.15) is 0 Å². The number of nitrogens with zero attached hydrogens (tertiary/aromatic N) is 4. The third-order valence-electron chi connectivity index (χ3n) is 15.2. The summed E-state index contributed by atoms with van der Waals surface area (Å²) in [5.74, 6) is -13.4. The Hall–Kier alpha value is -12.0. The first-order valence-electron chi connectivity index (χ1n) is 32.2. The number of aromatic amines is 3. The highest BCUT2D eigenvalue weighted by Gasteiger charge is 2.36. The van der Waals surface area contributed by atoms with E-state index in [1.807, 2.05) is 0 Å². The van der Waals surface area contributed by atoms with Crippen molar-refractivity contribution in [3.63, 3.8) is 0 Å². The number of primary amides is 2. The van der Waals surface area contributed by atoms with Gasteiger partial charge in [-0.25, -0.2) is 14.8 Å². The topological polar surface area (TPSA) is 704 Å². The largest absolute Gasteiger partial charge is 0.480 e. The maximum absolute atomic E-state index is 15.0. The minimum Gasteiger partial charge on any atom is -0.480 e. The number of fused-ring (bicyclic) bond motifs is 1. The second kappa shape index (κ2) is 42.1. The van der Waals surface area contributed by atoms with Crippen molar-refractivity contribution in [2.75, 3.05) is 32.8 Å². The number of amides is 14. The maximum atomic E-state index is 15.0. The SMILES string of the molecule is C[C@H](NC(=O)[C@H](C)NC(=O)[C@H](CCCN=C(N)N)NC(=O)[C@H](CO)NC(=O)[C@H](C)NC(=O)CNC(=O)[C@H](CCCNC(N)=O)NC(=O)[C@H](CCCN=C(N)N)NC(=O)[C@H](Cc1c[nH]c2ccccc12)NC(=O)[C@H](Cc1cnc[nH]1)NC(=O)[C@H](CCC(N)=O)NC(=O)[C@@H](N)Cc1cnc[nH]1)C(=O)O. The van der Waals surface area contributed by atoms with Crippen LogP contribution >= 0.6 is 0 Å². The van der Waals surface area contributed by atoms with Gasteiger partial charge in [0.15, 0.2) is 11.9 Å². The first-order valence-corrected chi connectivity index (χ1v) is 32.2. The second-order valence-corrected chi connectivity index (χ2v) is 23.5. The Morgan fingerprint density at radius 1 is 0.490 bits per heavy atom. The number of hydrogen-bond acceptors (Lipinski definition) is 20. The third-order valence-corrected chi connectivity index (χ3v) is 15.2. The lowest BCUT2D eigenvalue weighted by Crippen LogP contribution is -2.60. The highest BCUT2D eigenvalue weighted by atomic mass is 16.4. The van der Waals surface area contributed by atoms with Gasteiger partial charge in [0, 0.05) is 86.2 Å². The number of carboxylic acid groups (broad SMARTS) is 1. The number of imidazole rings is 2. The quantitative estimate of drug-likeness (QED) is 0.0111. The van der Waals surface area contributed by atoms with Gasteiger partial charge in [-0.3, -0.25) is 72.3 Å². The molecule has 0 aliphatic rings. The van der Waals surface area contributed by atoms with Crippen LogP contribution in [0.2, 0.25) is 0 Å². The van der Waals surface area contributed by atoms with Crippen LogP contribution in [0.5, 0.6) is 0 Å². The van der Waals surface area contributed by atoms with Gasteiger partial charge in [-0.1, -0.05) is 18.2 Å². The van der Waals surface area contributed by atoms with E-state index in [-0.39, 0.29) is 102 Å². The van der Waals surface area contributed by atoms with Crippen molar-refractivity contribution in [2.45, 2.75) is 158 Å². The van der Waals surface area contributed by atoms with E-state index in [0.717, 1.165) is 0 Å². The smallest absolute Gasteiger partial charge is 0.325 e. The number of carbonyl (C=O) groups excluding carboxylic acids is 13. The predicted octanol–water partition coefficient (Wildman–Crippen LogP) is -9.11. The zero-order valence-corrected chi connectivity index (χ0v) is 56.3. The Morgan fingerprint density at radius 2 is 0.941 bits per heavy atom. The number of hydrogen-bond donors (Lipinski definition) is 24. The Morgan fingerprint density at radius 3 is 1.47 bits per heavy atom. The standard InChI is InChI=1S/C60H92N26O16/c1-29(48(91)86-44(26-87)56(99)83-39(12-6-16-70-58(63)64)51(94)78-30(2)47(90)79-31(3)57(100)101)77-46(89)25-74-50(93)38(11-8-18-72-60(67)102)81-52(95)40(13-7-17-71-59(65)66)82-54(97)42(19-32-22-73-37-10-5-4-9-35(32)37)84-55(98)43(21-34-24-69-28-76-34)85-53(96)41(14-15-45(62)88)80-49(92)36(61)20-33-23-68-27-75-33/h4-5,9-10,22-24,27-31,36,38-44,73,87H,6-8,11-21,25-26,61H2,1-3H3,(H2,62,88)(H,68,75)(H,69,76)(H,74,93)(H,77,89)(H,78,94)(H,79,90)(H,80,92)(H,81,95)(H,82,97)(H,83,99)(H,84,98)(H,85,96)(H,86,91)(H,100,101)(H4,63,64,70)(H4,65,66,71)(H3,67,72,102)/t29-,30-,31-,36-,38-,39-,40-,41-,42-,43-,44-/m0/s1. The first kappa shape index (κ1) is 82.4. The molecule has 558 valence electrons. The summed E-state index contributed by atoms with van der Waals surface area (Å²) in [6.07, 6.45) is 5.29. The zero-order chi connectivity index (χ0) is 75.6. The van der Waals surface area contributed by atoms with E-state index >= 15 is 0 Å². The van der Waals surface area contributed by atoms with Crippen LogP contribution in [0.15, 0.2) is 65.5 Å². The summed E-state index contributed by atoms with van der Waals surface area (Å²) >= 11 is 0. The molecule has 11 atom stereocenters. The molecule has 102 heavy (non-hydrogen) atoms. The number of nitrogens with one attached hydrogen (secondary N) is 15. The number of aliphatic hydroxyl groups is 1. The van der Waals surface area contributed by atoms with Crippen molar-refractivity contribution in [3.05, 3.63) is 72.5 Å². The fourth-order valence-electron chi connectivity index (χ4n) is 9.73. The van der Waals surface area contributed by atoms with Crippen LogP contribution < -0.4 is 104 Å². The third kappa shape index (κ3) is 29.2. The van der Waals surface area contributed by atoms with E-state index < -0.39 is 162 Å². The number of guanidine groups is 2. The Kier molecular flexibility index (Phi) is 34.0. The molecule has 14 amide bonds. The van der Waals surface area contributed by atoms with Gasteiger partial charge in [-0.15, -0.1) is 0 Å². The molecule has 0 bridgehead atoms. The van der Waals surface area contributed by atoms with E-state index in [4.69, 9.17) is 40.1 Å². The molecule has 3 heterocycles. The molecule has 31 N–H and O–H groups in total. The number of urea groups is 1. The summed E-state index contributed by atoms with van der Waals surface area (Å²) < 4.78 is 0. The molecule has 0 saturated carbocycles. The summed E-state index contributed by atoms with van der Waals surface area (Å²) in [6, 6.07) is -10.1. The highest BCUT2D eigenvalue weighted by molar-refractivity contribution is 5.99. The van der Waals surface area contributed by atoms with Crippen LogP contribution in [0.3, 0.4) is 0 Å². The molecule has 42 heteroatoms. The van der Waals surface area contributed by atoms with Gasteiger partial charge in [0.25, 0.3) is 0 Å². The molecular formula is C60H92N26O16. The molecule has 0 spiro atoms. The van der Waals surface area contributed by atoms with E-state index in [1.54, 1.807) is 30.5 Å². The molecule has 0 radical (unpaired) electrons. The van der Waals surface area contributed by atoms with Gasteiger partial charge in [0.2, 0.25) is 70.9 Å². The Balaban J connectivity index is 1.57. The molecule has 0 fully saturated rings. The van der Waals surface area contributed by atoms with Crippen molar-refractivity contribution in [3.8, 4) is 0 Å². The molecule has 1 aromatic carbocycles. The lowest BCUT2D eigenvalue weighted by atomic mass is 10.0. The average Bonchev–Trinajstić information content (AvgIpc) is 1.64. The van der Waals surface area contributed by atoms with Crippen LogP contribution in [0, 0.1) is 0 Å². The number of nitrogens with two attached hydrogens (primary N) is 7. The fraction of sp³-hybridized carbons (Fsp3) is 0.500. The van der Waals surface area contributed by atoms with Crippen molar-refractivity contribution in [2.24, 2.45) is 50.1 Å². The molecule has 42 nitrogen and oxygen atoms in total. The van der Waals surface area contributed by atoms with Crippen LogP contribution in [-0.2, 0) is 81.6 Å². The average molecular weight is 1430 g/mol. The minimum absolute atomic E-state index is 0.00938. The van der Waals surface area contributed by atoms with E-state index in [9.17, 15) is 77.3 Å². The van der Waals surface area contributed by atoms with Crippen LogP contribution in [0.4, 0.5) is 4.79 Å². The van der Waals surface area contributed by atoms with Gasteiger partial charge in [0.05, 0.1) is 31.8 Å². The van der Waals surface area contributed by atoms with E-state index in [2.05, 4.69) is 98.7 Å². The highest BCUT2D eigenvalue weighted by Crippen LogP contribution is 2.20. The van der Waals surface area contributed by atoms with Crippen molar-refractivity contribution in [1.29, 1.82) is 0 Å². The van der Waals surface area contributed by atoms with Crippen LogP contribution in [0.1, 0.15) is 89.1 Å². The molecule has 0 saturated heterocycles. The Labute approximate surface area is 583 Å². The zero-order valence-electron chi connectivity index (χ0n) is 56.3. The molecule has 0 aliphatic heterocycles. The number of aliphatic imine (C=N–C) groups is 2. The fourth-order valence-corrected chi connectivity index (χ4v) is 9.73. The number of aliphatic carboxylic acids is 1. The summed E-state index contributed by atoms with van der Waals surface area (Å²) in [5, 5.41) is 49.3. The van der Waals surface area contributed by atoms with Crippen LogP contribution in [0.25, 0.3) is 10.9 Å². The molecule has 4 aromatic rings. The lowest BCUT2D eigenvalue weighted by molar-refractivity contribution is -0.141. The number of carbonyl (C=O) groups is 14. The van der Waals surface area contributed by atoms with E-state index in [1.165, 1.54) is 45.8 Å². The number of carboxylic acids is 1. The number of rotatable bonds is 45. The minimum atomic E-state index is -1.75. The lowest BCUT2D eigenvalue weighted by Gasteiger charge is -2.27. The summed E-state index contributed by atoms with van der Waals surface area (Å²) in [7, 11) is 0. The van der Waals surface area contributed by atoms with Gasteiger partial charge < -0.3 is 129 Å². The molecule has 0 unspecified atom stereocenters. The number of para-hydroxylation sites is 1. The van der Waals surface area contributed by atoms with E-state index in [0.29, 0.717) is 27.9 Å². The van der Waals surface area contributed by atoms with Crippen LogP contribution in [-0.4, -0.2) is 229 Å². The van der Waals surface area contributed by atoms with Crippen molar-refractivity contribution in [1.82, 2.24) is 88.7 Å². The maximum Gasteiger partial charge on any atom is 0.325 e. The number of aliphatic hydroxyl groups excluding tert-OH is 1. The summed E-state index contributed by atoms with van der Waals surface area (Å²) in [4.78, 5) is 212. The normalized spacial score (nSPS) is 14.2. The van der Waals surface area contributed by atoms with Gasteiger partial charge in [0.1, 0.15) is 60.4 Å². The van der Waals surface area contributed by atoms with Gasteiger partial charge in [-0.05, 0) is 77.3 Å². The number of benzene rings is 1. The summed E-state index contributed by atoms with van der Waals surface area (Å²) in [6.45, 7) is 1.53. The second-order valence-electron chi connectivity index (χ2n) is 23.5. The monoisotopic (exact) mass is 1430 g/mol. The molecule has 3 aromatic heterocycles. The van der Waals surface area contributed by atoms with Crippen molar-refractivity contribution >= 4 is 106 Å². The first-order chi connectivity index (χ1) is 48.3. The molecule has 4 rings (SSSR count). The van der Waals surface area contributed by atoms with Crippen molar-refractivity contribution < 1.29 is 77.3 Å². The Bertz CT molecular complexity index is 3580. The molecular weight excluding hydrogens is 1340 g/mol. The van der Waals surface area contributed by atoms with Gasteiger partial charge >= 0.3 is 12.0 Å². The molecule has 0 aliphatic carbocycles. The number of aromatic nitrogens is 5. The predicted molar refractivity (Wildman–Crippen MR) is 364 cm³/mol.